The number of carbonyl (C=O) groups excluding carboxylic acids is 1. The van der Waals surface area contributed by atoms with Crippen molar-refractivity contribution in [2.75, 3.05) is 20.1 Å². The number of hydrogen-bond donors (Lipinski definition) is 1. The lowest BCUT2D eigenvalue weighted by molar-refractivity contribution is -0.121. The molecule has 27 heavy (non-hydrogen) atoms. The van der Waals surface area contributed by atoms with Crippen molar-refractivity contribution in [2.45, 2.75) is 30.6 Å². The van der Waals surface area contributed by atoms with E-state index in [0.717, 1.165) is 25.0 Å². The van der Waals surface area contributed by atoms with E-state index in [9.17, 15) is 17.6 Å². The molecule has 1 amide bonds. The molecule has 0 aromatic heterocycles. The first kappa shape index (κ1) is 21.1. The number of nitrogens with one attached hydrogen (secondary N) is 1. The number of sulfonamides is 1. The van der Waals surface area contributed by atoms with E-state index in [-0.39, 0.29) is 23.8 Å². The Kier molecular flexibility index (Phi) is 7.94. The number of aryl methyl sites for hydroxylation is 1. The molecule has 0 bridgehead atoms. The van der Waals surface area contributed by atoms with Crippen LogP contribution in [0.4, 0.5) is 4.39 Å². The number of amides is 1. The topological polar surface area (TPSA) is 66.5 Å². The molecular formula is C20H25FN2O3S. The van der Waals surface area contributed by atoms with Gasteiger partial charge < -0.3 is 5.32 Å². The van der Waals surface area contributed by atoms with E-state index in [1.165, 1.54) is 29.0 Å². The van der Waals surface area contributed by atoms with Crippen LogP contribution in [0.1, 0.15) is 24.8 Å². The van der Waals surface area contributed by atoms with Crippen molar-refractivity contribution in [1.29, 1.82) is 0 Å². The fourth-order valence-electron chi connectivity index (χ4n) is 2.62. The summed E-state index contributed by atoms with van der Waals surface area (Å²) in [4.78, 5) is 11.9. The van der Waals surface area contributed by atoms with Crippen LogP contribution in [0.5, 0.6) is 0 Å². The smallest absolute Gasteiger partial charge is 0.242 e. The first-order valence-corrected chi connectivity index (χ1v) is 10.4. The molecule has 0 saturated heterocycles. The van der Waals surface area contributed by atoms with Crippen molar-refractivity contribution in [1.82, 2.24) is 9.62 Å². The van der Waals surface area contributed by atoms with E-state index in [0.29, 0.717) is 13.0 Å². The summed E-state index contributed by atoms with van der Waals surface area (Å²) in [7, 11) is -2.22. The standard InChI is InChI=1S/C20H25FN2O3S/c1-23(27(25,26)19-13-11-18(21)12-14-19)16-6-10-20(24)22-15-5-9-17-7-3-2-4-8-17/h2-4,7-8,11-14H,5-6,9-10,15-16H2,1H3,(H,22,24). The number of hydrogen-bond acceptors (Lipinski definition) is 3. The summed E-state index contributed by atoms with van der Waals surface area (Å²) in [6.07, 6.45) is 2.43. The molecule has 1 N–H and O–H groups in total. The van der Waals surface area contributed by atoms with E-state index in [1.807, 2.05) is 18.2 Å². The molecule has 0 unspecified atom stereocenters. The van der Waals surface area contributed by atoms with E-state index >= 15 is 0 Å². The third-order valence-corrected chi connectivity index (χ3v) is 6.08. The Balaban J connectivity index is 1.67. The van der Waals surface area contributed by atoms with Crippen molar-refractivity contribution >= 4 is 15.9 Å². The van der Waals surface area contributed by atoms with Gasteiger partial charge in [0.15, 0.2) is 0 Å². The van der Waals surface area contributed by atoms with Crippen LogP contribution < -0.4 is 5.32 Å². The third-order valence-electron chi connectivity index (χ3n) is 4.21. The molecule has 0 fully saturated rings. The normalized spacial score (nSPS) is 11.5. The highest BCUT2D eigenvalue weighted by molar-refractivity contribution is 7.89. The van der Waals surface area contributed by atoms with Crippen molar-refractivity contribution in [3.8, 4) is 0 Å². The predicted molar refractivity (Wildman–Crippen MR) is 103 cm³/mol. The lowest BCUT2D eigenvalue weighted by Gasteiger charge is -2.17. The van der Waals surface area contributed by atoms with Crippen LogP contribution in [0.25, 0.3) is 0 Å². The lowest BCUT2D eigenvalue weighted by atomic mass is 10.1. The monoisotopic (exact) mass is 392 g/mol. The summed E-state index contributed by atoms with van der Waals surface area (Å²) in [5, 5.41) is 2.85. The highest BCUT2D eigenvalue weighted by atomic mass is 32.2. The fourth-order valence-corrected chi connectivity index (χ4v) is 3.83. The minimum atomic E-state index is -3.67. The van der Waals surface area contributed by atoms with Crippen LogP contribution in [0, 0.1) is 5.82 Å². The van der Waals surface area contributed by atoms with E-state index in [1.54, 1.807) is 0 Å². The summed E-state index contributed by atoms with van der Waals surface area (Å²) in [6, 6.07) is 14.8. The van der Waals surface area contributed by atoms with Gasteiger partial charge in [0.25, 0.3) is 0 Å². The SMILES string of the molecule is CN(CCCC(=O)NCCCc1ccccc1)S(=O)(=O)c1ccc(F)cc1. The van der Waals surface area contributed by atoms with Crippen molar-refractivity contribution in [2.24, 2.45) is 0 Å². The molecule has 0 saturated carbocycles. The van der Waals surface area contributed by atoms with Gasteiger partial charge in [0, 0.05) is 26.6 Å². The summed E-state index contributed by atoms with van der Waals surface area (Å²) in [6.45, 7) is 0.814. The molecule has 5 nitrogen and oxygen atoms in total. The van der Waals surface area contributed by atoms with Gasteiger partial charge in [0.1, 0.15) is 5.82 Å². The highest BCUT2D eigenvalue weighted by Crippen LogP contribution is 2.15. The van der Waals surface area contributed by atoms with Gasteiger partial charge in [-0.15, -0.1) is 0 Å². The molecule has 0 aliphatic rings. The summed E-state index contributed by atoms with van der Waals surface area (Å²) >= 11 is 0. The Morgan fingerprint density at radius 1 is 1.04 bits per heavy atom. The van der Waals surface area contributed by atoms with Gasteiger partial charge in [-0.25, -0.2) is 17.1 Å². The highest BCUT2D eigenvalue weighted by Gasteiger charge is 2.20. The Hall–Kier alpha value is -2.25. The summed E-state index contributed by atoms with van der Waals surface area (Å²) < 4.78 is 38.9. The molecule has 0 atom stereocenters. The number of nitrogens with zero attached hydrogens (tertiary/aromatic N) is 1. The molecule has 146 valence electrons. The second-order valence-corrected chi connectivity index (χ2v) is 8.37. The average molecular weight is 392 g/mol. The van der Waals surface area contributed by atoms with Crippen molar-refractivity contribution in [3.63, 3.8) is 0 Å². The molecule has 0 aliphatic carbocycles. The maximum Gasteiger partial charge on any atom is 0.242 e. The van der Waals surface area contributed by atoms with Crippen molar-refractivity contribution in [3.05, 3.63) is 66.0 Å². The molecule has 0 heterocycles. The van der Waals surface area contributed by atoms with Gasteiger partial charge in [-0.1, -0.05) is 30.3 Å². The van der Waals surface area contributed by atoms with Gasteiger partial charge >= 0.3 is 0 Å². The van der Waals surface area contributed by atoms with Gasteiger partial charge in [-0.05, 0) is 49.1 Å². The largest absolute Gasteiger partial charge is 0.356 e. The third kappa shape index (κ3) is 6.77. The Morgan fingerprint density at radius 2 is 1.70 bits per heavy atom. The average Bonchev–Trinajstić information content (AvgIpc) is 2.66. The number of rotatable bonds is 10. The van der Waals surface area contributed by atoms with E-state index < -0.39 is 15.8 Å². The summed E-state index contributed by atoms with van der Waals surface area (Å²) in [5.41, 5.74) is 1.24. The quantitative estimate of drug-likeness (QED) is 0.632. The maximum absolute atomic E-state index is 12.9. The van der Waals surface area contributed by atoms with Crippen LogP contribution in [-0.4, -0.2) is 38.8 Å². The Morgan fingerprint density at radius 3 is 2.37 bits per heavy atom. The van der Waals surface area contributed by atoms with Crippen LogP contribution in [0.3, 0.4) is 0 Å². The molecular weight excluding hydrogens is 367 g/mol. The first-order valence-electron chi connectivity index (χ1n) is 8.92. The zero-order chi connectivity index (χ0) is 19.7. The minimum absolute atomic E-state index is 0.0387. The van der Waals surface area contributed by atoms with E-state index in [4.69, 9.17) is 0 Å². The molecule has 2 rings (SSSR count). The van der Waals surface area contributed by atoms with Gasteiger partial charge in [-0.2, -0.15) is 0 Å². The molecule has 2 aromatic carbocycles. The molecule has 0 aliphatic heterocycles. The fraction of sp³-hybridized carbons (Fsp3) is 0.350. The zero-order valence-electron chi connectivity index (χ0n) is 15.4. The van der Waals surface area contributed by atoms with Crippen LogP contribution in [0.15, 0.2) is 59.5 Å². The van der Waals surface area contributed by atoms with Crippen molar-refractivity contribution < 1.29 is 17.6 Å². The second kappa shape index (κ2) is 10.2. The Bertz CT molecular complexity index is 824. The lowest BCUT2D eigenvalue weighted by Crippen LogP contribution is -2.30. The minimum Gasteiger partial charge on any atom is -0.356 e. The van der Waals surface area contributed by atoms with Gasteiger partial charge in [0.05, 0.1) is 4.90 Å². The molecule has 7 heteroatoms. The van der Waals surface area contributed by atoms with E-state index in [2.05, 4.69) is 17.4 Å². The Labute approximate surface area is 160 Å². The molecule has 0 radical (unpaired) electrons. The summed E-state index contributed by atoms with van der Waals surface area (Å²) in [5.74, 6) is -0.573. The molecule has 0 spiro atoms. The van der Waals surface area contributed by atoms with Crippen LogP contribution in [0.2, 0.25) is 0 Å². The van der Waals surface area contributed by atoms with Crippen LogP contribution >= 0.6 is 0 Å². The van der Waals surface area contributed by atoms with Gasteiger partial charge in [-0.3, -0.25) is 4.79 Å². The van der Waals surface area contributed by atoms with Gasteiger partial charge in [0.2, 0.25) is 15.9 Å². The maximum atomic E-state index is 12.9. The zero-order valence-corrected chi connectivity index (χ0v) is 16.2. The first-order chi connectivity index (χ1) is 12.9. The van der Waals surface area contributed by atoms with Crippen LogP contribution in [-0.2, 0) is 21.2 Å². The predicted octanol–water partition coefficient (Wildman–Crippen LogP) is 2.98. The number of halogens is 1. The second-order valence-electron chi connectivity index (χ2n) is 6.32. The number of carbonyl (C=O) groups is 1. The number of benzene rings is 2. The molecule has 2 aromatic rings.